The SMILES string of the molecule is Cc1n[nH]c(C)c1NC(=O)Nc1ncc(Cc2ccccc2)s1. The van der Waals surface area contributed by atoms with Gasteiger partial charge in [-0.3, -0.25) is 10.4 Å². The number of carbonyl (C=O) groups excluding carboxylic acids is 1. The van der Waals surface area contributed by atoms with E-state index in [1.165, 1.54) is 16.9 Å². The van der Waals surface area contributed by atoms with E-state index in [9.17, 15) is 4.79 Å². The highest BCUT2D eigenvalue weighted by Crippen LogP contribution is 2.22. The zero-order valence-electron chi connectivity index (χ0n) is 12.9. The fourth-order valence-electron chi connectivity index (χ4n) is 2.22. The minimum absolute atomic E-state index is 0.321. The standard InChI is InChI=1S/C16H17N5OS/c1-10-14(11(2)21-20-10)18-15(22)19-16-17-9-13(23-16)8-12-6-4-3-5-7-12/h3-7,9H,8H2,1-2H3,(H,20,21)(H2,17,18,19,22). The Labute approximate surface area is 138 Å². The fourth-order valence-corrected chi connectivity index (χ4v) is 3.06. The van der Waals surface area contributed by atoms with Crippen LogP contribution in [0.25, 0.3) is 0 Å². The number of carbonyl (C=O) groups is 1. The smallest absolute Gasteiger partial charge is 0.304 e. The molecule has 0 aliphatic heterocycles. The Balaban J connectivity index is 1.61. The minimum atomic E-state index is -0.321. The summed E-state index contributed by atoms with van der Waals surface area (Å²) in [5, 5.41) is 13.0. The molecule has 0 atom stereocenters. The number of aromatic nitrogens is 3. The molecular weight excluding hydrogens is 310 g/mol. The molecule has 0 fully saturated rings. The van der Waals surface area contributed by atoms with E-state index < -0.39 is 0 Å². The van der Waals surface area contributed by atoms with E-state index in [4.69, 9.17) is 0 Å². The lowest BCUT2D eigenvalue weighted by Crippen LogP contribution is -2.19. The van der Waals surface area contributed by atoms with Gasteiger partial charge >= 0.3 is 6.03 Å². The second kappa shape index (κ2) is 6.62. The van der Waals surface area contributed by atoms with Crippen molar-refractivity contribution in [2.75, 3.05) is 10.6 Å². The highest BCUT2D eigenvalue weighted by Gasteiger charge is 2.12. The number of benzene rings is 1. The number of rotatable bonds is 4. The van der Waals surface area contributed by atoms with E-state index >= 15 is 0 Å². The number of anilines is 2. The lowest BCUT2D eigenvalue weighted by atomic mass is 10.1. The molecule has 2 heterocycles. The van der Waals surface area contributed by atoms with E-state index in [1.54, 1.807) is 6.20 Å². The zero-order valence-corrected chi connectivity index (χ0v) is 13.7. The van der Waals surface area contributed by atoms with Crippen LogP contribution in [0.2, 0.25) is 0 Å². The second-order valence-corrected chi connectivity index (χ2v) is 6.30. The van der Waals surface area contributed by atoms with Crippen molar-refractivity contribution in [2.45, 2.75) is 20.3 Å². The Morgan fingerprint density at radius 3 is 2.70 bits per heavy atom. The van der Waals surface area contributed by atoms with Crippen molar-refractivity contribution >= 4 is 28.2 Å². The van der Waals surface area contributed by atoms with Gasteiger partial charge in [-0.05, 0) is 19.4 Å². The molecule has 23 heavy (non-hydrogen) atoms. The third-order valence-corrected chi connectivity index (χ3v) is 4.27. The number of aromatic amines is 1. The van der Waals surface area contributed by atoms with Crippen molar-refractivity contribution in [1.82, 2.24) is 15.2 Å². The van der Waals surface area contributed by atoms with Gasteiger partial charge in [-0.1, -0.05) is 30.3 Å². The summed E-state index contributed by atoms with van der Waals surface area (Å²) in [5.41, 5.74) is 3.49. The van der Waals surface area contributed by atoms with E-state index in [2.05, 4.69) is 37.9 Å². The van der Waals surface area contributed by atoms with Crippen LogP contribution >= 0.6 is 11.3 Å². The summed E-state index contributed by atoms with van der Waals surface area (Å²) in [6.45, 7) is 3.69. The summed E-state index contributed by atoms with van der Waals surface area (Å²) >= 11 is 1.47. The fraction of sp³-hybridized carbons (Fsp3) is 0.188. The number of aryl methyl sites for hydroxylation is 2. The maximum atomic E-state index is 12.1. The van der Waals surface area contributed by atoms with Gasteiger partial charge in [0.15, 0.2) is 5.13 Å². The maximum absolute atomic E-state index is 12.1. The Morgan fingerprint density at radius 1 is 1.22 bits per heavy atom. The van der Waals surface area contributed by atoms with Gasteiger partial charge in [-0.25, -0.2) is 9.78 Å². The number of H-pyrrole nitrogens is 1. The molecule has 2 aromatic heterocycles. The average Bonchev–Trinajstić information content (AvgIpc) is 3.09. The predicted molar refractivity (Wildman–Crippen MR) is 92.1 cm³/mol. The first-order valence-electron chi connectivity index (χ1n) is 7.20. The van der Waals surface area contributed by atoms with Crippen LogP contribution < -0.4 is 10.6 Å². The average molecular weight is 327 g/mol. The quantitative estimate of drug-likeness (QED) is 0.683. The molecule has 3 N–H and O–H groups in total. The van der Waals surface area contributed by atoms with Gasteiger partial charge in [0.05, 0.1) is 17.1 Å². The number of nitrogens with one attached hydrogen (secondary N) is 3. The van der Waals surface area contributed by atoms with Crippen LogP contribution in [0.1, 0.15) is 21.8 Å². The molecule has 0 unspecified atom stereocenters. The lowest BCUT2D eigenvalue weighted by Gasteiger charge is -2.05. The summed E-state index contributed by atoms with van der Waals surface area (Å²) in [6, 6.07) is 9.84. The summed E-state index contributed by atoms with van der Waals surface area (Å²) in [4.78, 5) is 17.4. The van der Waals surface area contributed by atoms with Gasteiger partial charge in [0.25, 0.3) is 0 Å². The van der Waals surface area contributed by atoms with Gasteiger partial charge in [-0.2, -0.15) is 5.10 Å². The molecule has 0 saturated carbocycles. The number of hydrogen-bond donors (Lipinski definition) is 3. The van der Waals surface area contributed by atoms with E-state index in [-0.39, 0.29) is 6.03 Å². The molecular formula is C16H17N5OS. The molecule has 6 nitrogen and oxygen atoms in total. The highest BCUT2D eigenvalue weighted by molar-refractivity contribution is 7.15. The van der Waals surface area contributed by atoms with Crippen LogP contribution in [0.15, 0.2) is 36.5 Å². The molecule has 0 aliphatic carbocycles. The maximum Gasteiger partial charge on any atom is 0.325 e. The Morgan fingerprint density at radius 2 is 2.00 bits per heavy atom. The van der Waals surface area contributed by atoms with Crippen LogP contribution in [-0.4, -0.2) is 21.2 Å². The van der Waals surface area contributed by atoms with Crippen molar-refractivity contribution in [1.29, 1.82) is 0 Å². The van der Waals surface area contributed by atoms with Crippen LogP contribution in [-0.2, 0) is 6.42 Å². The van der Waals surface area contributed by atoms with E-state index in [0.29, 0.717) is 10.8 Å². The monoisotopic (exact) mass is 327 g/mol. The number of amides is 2. The number of thiazole rings is 1. The topological polar surface area (TPSA) is 82.7 Å². The van der Waals surface area contributed by atoms with E-state index in [1.807, 2.05) is 32.0 Å². The van der Waals surface area contributed by atoms with Crippen molar-refractivity contribution in [2.24, 2.45) is 0 Å². The summed E-state index contributed by atoms with van der Waals surface area (Å²) < 4.78 is 0. The molecule has 2 amide bonds. The normalized spacial score (nSPS) is 10.5. The van der Waals surface area contributed by atoms with Gasteiger partial charge in [-0.15, -0.1) is 11.3 Å². The van der Waals surface area contributed by atoms with E-state index in [0.717, 1.165) is 22.7 Å². The number of hydrogen-bond acceptors (Lipinski definition) is 4. The highest BCUT2D eigenvalue weighted by atomic mass is 32.1. The van der Waals surface area contributed by atoms with Crippen molar-refractivity contribution in [3.05, 3.63) is 58.4 Å². The van der Waals surface area contributed by atoms with Gasteiger partial charge < -0.3 is 5.32 Å². The van der Waals surface area contributed by atoms with Crippen LogP contribution in [0.4, 0.5) is 15.6 Å². The largest absolute Gasteiger partial charge is 0.325 e. The number of urea groups is 1. The van der Waals surface area contributed by atoms with Crippen molar-refractivity contribution < 1.29 is 4.79 Å². The molecule has 0 spiro atoms. The molecule has 3 rings (SSSR count). The summed E-state index contributed by atoms with van der Waals surface area (Å²) in [7, 11) is 0. The molecule has 0 radical (unpaired) electrons. The van der Waals surface area contributed by atoms with Crippen LogP contribution in [0, 0.1) is 13.8 Å². The molecule has 0 saturated heterocycles. The molecule has 1 aromatic carbocycles. The third-order valence-electron chi connectivity index (χ3n) is 3.36. The zero-order chi connectivity index (χ0) is 16.2. The second-order valence-electron chi connectivity index (χ2n) is 5.18. The molecule has 118 valence electrons. The lowest BCUT2D eigenvalue weighted by molar-refractivity contribution is 0.262. The first kappa shape index (κ1) is 15.2. The Hall–Kier alpha value is -2.67. The van der Waals surface area contributed by atoms with Gasteiger partial charge in [0.2, 0.25) is 0 Å². The molecule has 0 aliphatic rings. The Kier molecular flexibility index (Phi) is 4.38. The summed E-state index contributed by atoms with van der Waals surface area (Å²) in [5.74, 6) is 0. The predicted octanol–water partition coefficient (Wildman–Crippen LogP) is 3.72. The van der Waals surface area contributed by atoms with Gasteiger partial charge in [0, 0.05) is 17.5 Å². The van der Waals surface area contributed by atoms with Crippen molar-refractivity contribution in [3.8, 4) is 0 Å². The third kappa shape index (κ3) is 3.75. The van der Waals surface area contributed by atoms with Crippen LogP contribution in [0.5, 0.6) is 0 Å². The van der Waals surface area contributed by atoms with Crippen molar-refractivity contribution in [3.63, 3.8) is 0 Å². The molecule has 3 aromatic rings. The first-order chi connectivity index (χ1) is 11.1. The Bertz CT molecular complexity index is 790. The molecule has 0 bridgehead atoms. The number of nitrogens with zero attached hydrogens (tertiary/aromatic N) is 2. The minimum Gasteiger partial charge on any atom is -0.304 e. The van der Waals surface area contributed by atoms with Crippen LogP contribution in [0.3, 0.4) is 0 Å². The first-order valence-corrected chi connectivity index (χ1v) is 8.01. The van der Waals surface area contributed by atoms with Gasteiger partial charge in [0.1, 0.15) is 0 Å². The molecule has 7 heteroatoms. The summed E-state index contributed by atoms with van der Waals surface area (Å²) in [6.07, 6.45) is 2.60.